The maximum absolute atomic E-state index is 12.9. The first-order chi connectivity index (χ1) is 14.8. The van der Waals surface area contributed by atoms with Crippen molar-refractivity contribution in [3.63, 3.8) is 0 Å². The van der Waals surface area contributed by atoms with Gasteiger partial charge in [-0.2, -0.15) is 4.31 Å². The molecule has 0 aliphatic carbocycles. The van der Waals surface area contributed by atoms with Gasteiger partial charge in [0.15, 0.2) is 0 Å². The minimum Gasteiger partial charge on any atom is -0.338 e. The van der Waals surface area contributed by atoms with Crippen LogP contribution in [0.4, 0.5) is 5.69 Å². The summed E-state index contributed by atoms with van der Waals surface area (Å²) in [6.45, 7) is 6.94. The number of carbonyl (C=O) groups excluding carboxylic acids is 2. The monoisotopic (exact) mass is 443 g/mol. The van der Waals surface area contributed by atoms with Crippen LogP contribution in [0.15, 0.2) is 53.4 Å². The average molecular weight is 444 g/mol. The molecule has 2 aromatic carbocycles. The third kappa shape index (κ3) is 5.14. The summed E-state index contributed by atoms with van der Waals surface area (Å²) in [5.74, 6) is -0.804. The number of benzene rings is 2. The third-order valence-electron chi connectivity index (χ3n) is 5.61. The Morgan fingerprint density at radius 3 is 2.45 bits per heavy atom. The fourth-order valence-electron chi connectivity index (χ4n) is 3.75. The Morgan fingerprint density at radius 1 is 1.13 bits per heavy atom. The largest absolute Gasteiger partial charge is 0.338 e. The number of nitrogens with zero attached hydrogens (tertiary/aromatic N) is 2. The van der Waals surface area contributed by atoms with Crippen molar-refractivity contribution in [2.45, 2.75) is 38.6 Å². The second-order valence-electron chi connectivity index (χ2n) is 7.72. The van der Waals surface area contributed by atoms with Crippen LogP contribution in [0.25, 0.3) is 0 Å². The molecule has 1 aliphatic heterocycles. The van der Waals surface area contributed by atoms with E-state index < -0.39 is 15.9 Å². The van der Waals surface area contributed by atoms with Crippen molar-refractivity contribution in [3.05, 3.63) is 59.7 Å². The lowest BCUT2D eigenvalue weighted by atomic mass is 10.1. The Morgan fingerprint density at radius 2 is 1.81 bits per heavy atom. The zero-order valence-corrected chi connectivity index (χ0v) is 19.0. The van der Waals surface area contributed by atoms with Gasteiger partial charge in [0.1, 0.15) is 0 Å². The van der Waals surface area contributed by atoms with Crippen molar-refractivity contribution in [2.24, 2.45) is 5.92 Å². The molecule has 3 rings (SSSR count). The number of amides is 2. The Bertz CT molecular complexity index is 1050. The first-order valence-electron chi connectivity index (χ1n) is 10.5. The van der Waals surface area contributed by atoms with E-state index in [1.807, 2.05) is 37.3 Å². The van der Waals surface area contributed by atoms with Crippen molar-refractivity contribution in [1.82, 2.24) is 9.21 Å². The number of rotatable bonds is 8. The second-order valence-corrected chi connectivity index (χ2v) is 9.65. The van der Waals surface area contributed by atoms with Gasteiger partial charge >= 0.3 is 0 Å². The molecule has 166 valence electrons. The van der Waals surface area contributed by atoms with Crippen LogP contribution >= 0.6 is 0 Å². The van der Waals surface area contributed by atoms with Gasteiger partial charge in [-0.3, -0.25) is 9.59 Å². The molecule has 7 nitrogen and oxygen atoms in total. The molecule has 1 atom stereocenters. The molecule has 2 aromatic rings. The predicted octanol–water partition coefficient (Wildman–Crippen LogP) is 3.01. The average Bonchev–Trinajstić information content (AvgIpc) is 3.11. The third-order valence-corrected chi connectivity index (χ3v) is 7.66. The van der Waals surface area contributed by atoms with Gasteiger partial charge in [0.2, 0.25) is 21.8 Å². The van der Waals surface area contributed by atoms with Gasteiger partial charge in [-0.15, -0.1) is 0 Å². The first-order valence-corrected chi connectivity index (χ1v) is 11.9. The summed E-state index contributed by atoms with van der Waals surface area (Å²) in [6.07, 6.45) is 0.148. The fraction of sp³-hybridized carbons (Fsp3) is 0.391. The lowest BCUT2D eigenvalue weighted by Crippen LogP contribution is -2.31. The van der Waals surface area contributed by atoms with E-state index in [1.165, 1.54) is 10.4 Å². The van der Waals surface area contributed by atoms with Gasteiger partial charge < -0.3 is 10.2 Å². The summed E-state index contributed by atoms with van der Waals surface area (Å²) >= 11 is 0. The van der Waals surface area contributed by atoms with Gasteiger partial charge in [0.25, 0.3) is 0 Å². The number of likely N-dealkylation sites (tertiary alicyclic amines) is 1. The number of hydrogen-bond donors (Lipinski definition) is 1. The summed E-state index contributed by atoms with van der Waals surface area (Å²) in [7, 11) is -3.63. The van der Waals surface area contributed by atoms with Crippen LogP contribution in [-0.4, -0.2) is 49.1 Å². The van der Waals surface area contributed by atoms with Crippen molar-refractivity contribution in [1.29, 1.82) is 0 Å². The molecular formula is C23H29N3O4S. The Balaban J connectivity index is 1.72. The molecule has 0 saturated carbocycles. The molecule has 1 heterocycles. The molecule has 1 aliphatic rings. The number of sulfonamides is 1. The van der Waals surface area contributed by atoms with Crippen LogP contribution < -0.4 is 5.32 Å². The minimum atomic E-state index is -3.63. The van der Waals surface area contributed by atoms with Crippen molar-refractivity contribution >= 4 is 27.5 Å². The summed E-state index contributed by atoms with van der Waals surface area (Å²) in [5, 5.41) is 2.84. The molecule has 1 unspecified atom stereocenters. The van der Waals surface area contributed by atoms with Crippen LogP contribution in [0, 0.1) is 12.8 Å². The van der Waals surface area contributed by atoms with E-state index in [4.69, 9.17) is 0 Å². The Hall–Kier alpha value is -2.71. The first kappa shape index (κ1) is 23.0. The topological polar surface area (TPSA) is 86.8 Å². The normalized spacial score (nSPS) is 16.7. The molecule has 0 radical (unpaired) electrons. The fourth-order valence-corrected chi connectivity index (χ4v) is 5.23. The lowest BCUT2D eigenvalue weighted by Gasteiger charge is -2.20. The van der Waals surface area contributed by atoms with Crippen molar-refractivity contribution in [3.8, 4) is 0 Å². The quantitative estimate of drug-likeness (QED) is 0.679. The van der Waals surface area contributed by atoms with E-state index >= 15 is 0 Å². The number of carbonyl (C=O) groups is 2. The smallest absolute Gasteiger partial charge is 0.243 e. The second kappa shape index (κ2) is 9.62. The summed E-state index contributed by atoms with van der Waals surface area (Å²) < 4.78 is 27.0. The summed E-state index contributed by atoms with van der Waals surface area (Å²) in [5.41, 5.74) is 2.23. The number of hydrogen-bond acceptors (Lipinski definition) is 4. The molecule has 2 amide bonds. The number of aryl methyl sites for hydroxylation is 1. The molecule has 1 saturated heterocycles. The van der Waals surface area contributed by atoms with E-state index in [9.17, 15) is 18.0 Å². The van der Waals surface area contributed by atoms with Crippen LogP contribution in [0.5, 0.6) is 0 Å². The number of anilines is 1. The maximum Gasteiger partial charge on any atom is 0.243 e. The molecular weight excluding hydrogens is 414 g/mol. The Kier molecular flexibility index (Phi) is 7.12. The van der Waals surface area contributed by atoms with E-state index in [0.29, 0.717) is 31.9 Å². The summed E-state index contributed by atoms with van der Waals surface area (Å²) in [6, 6.07) is 14.4. The SMILES string of the molecule is CCN(CC)S(=O)(=O)c1ccc(C)c(NC(=O)C2CC(=O)N(Cc3ccccc3)C2)c1. The maximum atomic E-state index is 12.9. The van der Waals surface area contributed by atoms with Crippen molar-refractivity contribution < 1.29 is 18.0 Å². The summed E-state index contributed by atoms with van der Waals surface area (Å²) in [4.78, 5) is 27.1. The van der Waals surface area contributed by atoms with Gasteiger partial charge in [0.05, 0.1) is 10.8 Å². The minimum absolute atomic E-state index is 0.0569. The van der Waals surface area contributed by atoms with Crippen LogP contribution in [0.3, 0.4) is 0 Å². The zero-order chi connectivity index (χ0) is 22.6. The van der Waals surface area contributed by atoms with Gasteiger partial charge in [0, 0.05) is 38.3 Å². The van der Waals surface area contributed by atoms with E-state index in [-0.39, 0.29) is 23.1 Å². The van der Waals surface area contributed by atoms with Gasteiger partial charge in [-0.1, -0.05) is 50.2 Å². The Labute approximate surface area is 184 Å². The molecule has 8 heteroatoms. The molecule has 1 fully saturated rings. The molecule has 0 spiro atoms. The van der Waals surface area contributed by atoms with E-state index in [1.54, 1.807) is 30.9 Å². The number of nitrogens with one attached hydrogen (secondary N) is 1. The highest BCUT2D eigenvalue weighted by atomic mass is 32.2. The van der Waals surface area contributed by atoms with Crippen molar-refractivity contribution in [2.75, 3.05) is 25.0 Å². The van der Waals surface area contributed by atoms with E-state index in [2.05, 4.69) is 5.32 Å². The zero-order valence-electron chi connectivity index (χ0n) is 18.2. The van der Waals surface area contributed by atoms with Gasteiger partial charge in [-0.05, 0) is 30.2 Å². The standard InChI is InChI=1S/C23H29N3O4S/c1-4-26(5-2)31(29,30)20-12-11-17(3)21(14-20)24-23(28)19-13-22(27)25(16-19)15-18-9-7-6-8-10-18/h6-12,14,19H,4-5,13,15-16H2,1-3H3,(H,24,28). The van der Waals surface area contributed by atoms with Crippen LogP contribution in [-0.2, 0) is 26.2 Å². The van der Waals surface area contributed by atoms with Crippen LogP contribution in [0.1, 0.15) is 31.4 Å². The highest BCUT2D eigenvalue weighted by molar-refractivity contribution is 7.89. The highest BCUT2D eigenvalue weighted by Crippen LogP contribution is 2.26. The molecule has 0 aromatic heterocycles. The van der Waals surface area contributed by atoms with Gasteiger partial charge in [-0.25, -0.2) is 8.42 Å². The molecule has 0 bridgehead atoms. The highest BCUT2D eigenvalue weighted by Gasteiger charge is 2.34. The molecule has 31 heavy (non-hydrogen) atoms. The lowest BCUT2D eigenvalue weighted by molar-refractivity contribution is -0.128. The van der Waals surface area contributed by atoms with Crippen LogP contribution in [0.2, 0.25) is 0 Å². The molecule has 1 N–H and O–H groups in total. The predicted molar refractivity (Wildman–Crippen MR) is 120 cm³/mol. The van der Waals surface area contributed by atoms with E-state index in [0.717, 1.165) is 11.1 Å².